The Hall–Kier alpha value is -1.89. The van der Waals surface area contributed by atoms with Crippen molar-refractivity contribution in [3.8, 4) is 5.88 Å². The van der Waals surface area contributed by atoms with Crippen molar-refractivity contribution in [1.82, 2.24) is 19.9 Å². The van der Waals surface area contributed by atoms with Crippen LogP contribution in [0.3, 0.4) is 0 Å². The predicted octanol–water partition coefficient (Wildman–Crippen LogP) is 0.562. The number of hydrogen-bond donors (Lipinski definition) is 2. The second-order valence-electron chi connectivity index (χ2n) is 3.81. The Morgan fingerprint density at radius 2 is 2.47 bits per heavy atom. The Labute approximate surface area is 97.6 Å². The van der Waals surface area contributed by atoms with E-state index in [9.17, 15) is 0 Å². The summed E-state index contributed by atoms with van der Waals surface area (Å²) in [7, 11) is 1.76. The molecule has 1 saturated heterocycles. The molecule has 1 unspecified atom stereocenters. The SMILES string of the molecule is CNc1nc(OC2CCOC2)c2[nH]cnc2n1. The highest BCUT2D eigenvalue weighted by atomic mass is 16.5. The second-order valence-corrected chi connectivity index (χ2v) is 3.81. The normalized spacial score (nSPS) is 19.7. The summed E-state index contributed by atoms with van der Waals surface area (Å²) in [5, 5.41) is 2.89. The van der Waals surface area contributed by atoms with Gasteiger partial charge in [0.25, 0.3) is 0 Å². The number of aromatic nitrogens is 4. The van der Waals surface area contributed by atoms with Crippen LogP contribution in [0.4, 0.5) is 5.95 Å². The molecule has 0 aromatic carbocycles. The minimum Gasteiger partial charge on any atom is -0.470 e. The van der Waals surface area contributed by atoms with Crippen molar-refractivity contribution < 1.29 is 9.47 Å². The zero-order valence-corrected chi connectivity index (χ0v) is 9.43. The van der Waals surface area contributed by atoms with Crippen LogP contribution in [0.1, 0.15) is 6.42 Å². The minimum absolute atomic E-state index is 0.0566. The molecule has 0 bridgehead atoms. The Balaban J connectivity index is 1.97. The van der Waals surface area contributed by atoms with Gasteiger partial charge < -0.3 is 19.8 Å². The van der Waals surface area contributed by atoms with E-state index in [1.165, 1.54) is 0 Å². The second kappa shape index (κ2) is 4.17. The molecule has 0 radical (unpaired) electrons. The van der Waals surface area contributed by atoms with Crippen molar-refractivity contribution in [1.29, 1.82) is 0 Å². The lowest BCUT2D eigenvalue weighted by atomic mass is 10.3. The standard InChI is InChI=1S/C10H13N5O2/c1-11-10-14-8-7(12-5-13-8)9(15-10)17-6-2-3-16-4-6/h5-6H,2-4H2,1H3,(H2,11,12,13,14,15). The molecule has 1 atom stereocenters. The van der Waals surface area contributed by atoms with Crippen LogP contribution in [0.25, 0.3) is 11.2 Å². The van der Waals surface area contributed by atoms with Crippen LogP contribution in [0.5, 0.6) is 5.88 Å². The Kier molecular flexibility index (Phi) is 2.52. The highest BCUT2D eigenvalue weighted by Gasteiger charge is 2.20. The number of nitrogens with zero attached hydrogens (tertiary/aromatic N) is 3. The number of fused-ring (bicyclic) bond motifs is 1. The molecule has 0 saturated carbocycles. The van der Waals surface area contributed by atoms with Crippen LogP contribution in [0, 0.1) is 0 Å². The third-order valence-corrected chi connectivity index (χ3v) is 2.64. The van der Waals surface area contributed by atoms with E-state index in [1.807, 2.05) is 0 Å². The zero-order valence-electron chi connectivity index (χ0n) is 9.43. The van der Waals surface area contributed by atoms with Gasteiger partial charge in [0.2, 0.25) is 11.8 Å². The third kappa shape index (κ3) is 1.89. The van der Waals surface area contributed by atoms with Crippen LogP contribution in [0.2, 0.25) is 0 Å². The van der Waals surface area contributed by atoms with Crippen molar-refractivity contribution in [3.63, 3.8) is 0 Å². The molecule has 7 heteroatoms. The molecule has 0 spiro atoms. The lowest BCUT2D eigenvalue weighted by Crippen LogP contribution is -2.17. The zero-order chi connectivity index (χ0) is 11.7. The summed E-state index contributed by atoms with van der Waals surface area (Å²) in [5.74, 6) is 1.02. The number of aromatic amines is 1. The van der Waals surface area contributed by atoms with Crippen molar-refractivity contribution in [2.45, 2.75) is 12.5 Å². The lowest BCUT2D eigenvalue weighted by molar-refractivity contribution is 0.139. The molecular formula is C10H13N5O2. The first-order chi connectivity index (χ1) is 8.36. The van der Waals surface area contributed by atoms with E-state index in [1.54, 1.807) is 13.4 Å². The first-order valence-electron chi connectivity index (χ1n) is 5.50. The van der Waals surface area contributed by atoms with Crippen LogP contribution in [-0.4, -0.2) is 46.3 Å². The smallest absolute Gasteiger partial charge is 0.245 e. The first kappa shape index (κ1) is 10.3. The van der Waals surface area contributed by atoms with Crippen LogP contribution >= 0.6 is 0 Å². The minimum atomic E-state index is 0.0566. The van der Waals surface area contributed by atoms with Crippen molar-refractivity contribution in [3.05, 3.63) is 6.33 Å². The summed E-state index contributed by atoms with van der Waals surface area (Å²) in [4.78, 5) is 15.6. The maximum Gasteiger partial charge on any atom is 0.245 e. The van der Waals surface area contributed by atoms with Crippen molar-refractivity contribution in [2.75, 3.05) is 25.6 Å². The molecule has 17 heavy (non-hydrogen) atoms. The largest absolute Gasteiger partial charge is 0.470 e. The third-order valence-electron chi connectivity index (χ3n) is 2.64. The number of H-pyrrole nitrogens is 1. The van der Waals surface area contributed by atoms with Crippen LogP contribution in [0.15, 0.2) is 6.33 Å². The topological polar surface area (TPSA) is 85.0 Å². The molecule has 1 aliphatic heterocycles. The fourth-order valence-corrected chi connectivity index (χ4v) is 1.77. The van der Waals surface area contributed by atoms with Crippen LogP contribution in [-0.2, 0) is 4.74 Å². The average molecular weight is 235 g/mol. The van der Waals surface area contributed by atoms with E-state index in [0.717, 1.165) is 18.5 Å². The molecular weight excluding hydrogens is 222 g/mol. The molecule has 3 heterocycles. The molecule has 1 aliphatic rings. The monoisotopic (exact) mass is 235 g/mol. The van der Waals surface area contributed by atoms with E-state index >= 15 is 0 Å². The van der Waals surface area contributed by atoms with Gasteiger partial charge in [-0.2, -0.15) is 9.97 Å². The quantitative estimate of drug-likeness (QED) is 0.808. The van der Waals surface area contributed by atoms with Crippen molar-refractivity contribution in [2.24, 2.45) is 0 Å². The summed E-state index contributed by atoms with van der Waals surface area (Å²) in [6, 6.07) is 0. The highest BCUT2D eigenvalue weighted by molar-refractivity contribution is 5.76. The summed E-state index contributed by atoms with van der Waals surface area (Å²) >= 11 is 0. The number of anilines is 1. The predicted molar refractivity (Wildman–Crippen MR) is 61.1 cm³/mol. The van der Waals surface area contributed by atoms with E-state index in [4.69, 9.17) is 9.47 Å². The molecule has 1 fully saturated rings. The molecule has 0 aliphatic carbocycles. The van der Waals surface area contributed by atoms with Crippen molar-refractivity contribution >= 4 is 17.1 Å². The van der Waals surface area contributed by atoms with Gasteiger partial charge in [0.1, 0.15) is 11.6 Å². The van der Waals surface area contributed by atoms with E-state index in [-0.39, 0.29) is 6.10 Å². The number of ether oxygens (including phenoxy) is 2. The summed E-state index contributed by atoms with van der Waals surface area (Å²) in [6.45, 7) is 1.34. The Morgan fingerprint density at radius 3 is 3.24 bits per heavy atom. The van der Waals surface area contributed by atoms with Gasteiger partial charge in [-0.25, -0.2) is 4.98 Å². The molecule has 3 rings (SSSR count). The maximum atomic E-state index is 5.80. The van der Waals surface area contributed by atoms with E-state index < -0.39 is 0 Å². The van der Waals surface area contributed by atoms with Gasteiger partial charge in [-0.3, -0.25) is 0 Å². The van der Waals surface area contributed by atoms with Gasteiger partial charge in [-0.1, -0.05) is 0 Å². The Morgan fingerprint density at radius 1 is 1.53 bits per heavy atom. The fourth-order valence-electron chi connectivity index (χ4n) is 1.77. The fraction of sp³-hybridized carbons (Fsp3) is 0.500. The number of imidazole rings is 1. The summed E-state index contributed by atoms with van der Waals surface area (Å²) < 4.78 is 11.1. The molecule has 2 aromatic rings. The Bertz CT molecular complexity index is 520. The van der Waals surface area contributed by atoms with Gasteiger partial charge in [0.15, 0.2) is 5.65 Å². The van der Waals surface area contributed by atoms with Gasteiger partial charge in [-0.15, -0.1) is 0 Å². The highest BCUT2D eigenvalue weighted by Crippen LogP contribution is 2.23. The summed E-state index contributed by atoms with van der Waals surface area (Å²) in [6.07, 6.45) is 2.52. The molecule has 2 N–H and O–H groups in total. The van der Waals surface area contributed by atoms with Gasteiger partial charge in [0, 0.05) is 13.5 Å². The lowest BCUT2D eigenvalue weighted by Gasteiger charge is -2.11. The van der Waals surface area contributed by atoms with Gasteiger partial charge in [0.05, 0.1) is 19.5 Å². The molecule has 0 amide bonds. The molecule has 90 valence electrons. The van der Waals surface area contributed by atoms with Crippen LogP contribution < -0.4 is 10.1 Å². The van der Waals surface area contributed by atoms with E-state index in [2.05, 4.69) is 25.3 Å². The number of nitrogens with one attached hydrogen (secondary N) is 2. The average Bonchev–Trinajstić information content (AvgIpc) is 2.98. The first-order valence-corrected chi connectivity index (χ1v) is 5.50. The molecule has 2 aromatic heterocycles. The van der Waals surface area contributed by atoms with Gasteiger partial charge >= 0.3 is 0 Å². The molecule has 7 nitrogen and oxygen atoms in total. The van der Waals surface area contributed by atoms with Gasteiger partial charge in [-0.05, 0) is 0 Å². The maximum absolute atomic E-state index is 5.80. The van der Waals surface area contributed by atoms with E-state index in [0.29, 0.717) is 24.1 Å². The number of rotatable bonds is 3. The number of hydrogen-bond acceptors (Lipinski definition) is 6. The summed E-state index contributed by atoms with van der Waals surface area (Å²) in [5.41, 5.74) is 1.31.